The third-order valence-electron chi connectivity index (χ3n) is 6.51. The Hall–Kier alpha value is -2.17. The van der Waals surface area contributed by atoms with Crippen molar-refractivity contribution in [3.63, 3.8) is 0 Å². The summed E-state index contributed by atoms with van der Waals surface area (Å²) < 4.78 is 0. The van der Waals surface area contributed by atoms with Crippen molar-refractivity contribution in [1.82, 2.24) is 14.7 Å². The van der Waals surface area contributed by atoms with Gasteiger partial charge in [-0.2, -0.15) is 0 Å². The summed E-state index contributed by atoms with van der Waals surface area (Å²) in [5, 5.41) is 0. The van der Waals surface area contributed by atoms with Gasteiger partial charge in [0.2, 0.25) is 5.91 Å². The number of carbonyl (C=O) groups excluding carboxylic acids is 1. The van der Waals surface area contributed by atoms with Gasteiger partial charge in [-0.25, -0.2) is 0 Å². The van der Waals surface area contributed by atoms with Gasteiger partial charge in [-0.3, -0.25) is 9.69 Å². The molecule has 2 atom stereocenters. The van der Waals surface area contributed by atoms with Crippen LogP contribution in [0.25, 0.3) is 0 Å². The Morgan fingerprint density at radius 1 is 0.966 bits per heavy atom. The lowest BCUT2D eigenvalue weighted by Crippen LogP contribution is -2.47. The SMILES string of the molecule is CN(C(=O)C1CCCN1Cc1ccccc1)[C@H](CN1CCCC1)c1ccccc1. The molecule has 0 bridgehead atoms. The summed E-state index contributed by atoms with van der Waals surface area (Å²) in [7, 11) is 2.01. The Morgan fingerprint density at radius 3 is 2.31 bits per heavy atom. The lowest BCUT2D eigenvalue weighted by atomic mass is 10.0. The van der Waals surface area contributed by atoms with Crippen molar-refractivity contribution >= 4 is 5.91 Å². The number of rotatable bonds is 7. The molecule has 2 aromatic carbocycles. The summed E-state index contributed by atoms with van der Waals surface area (Å²) in [6.07, 6.45) is 4.60. The minimum absolute atomic E-state index is 0.00926. The van der Waals surface area contributed by atoms with Crippen molar-refractivity contribution in [1.29, 1.82) is 0 Å². The lowest BCUT2D eigenvalue weighted by Gasteiger charge is -2.35. The van der Waals surface area contributed by atoms with Crippen LogP contribution in [0.2, 0.25) is 0 Å². The number of nitrogens with zero attached hydrogens (tertiary/aromatic N) is 3. The van der Waals surface area contributed by atoms with Gasteiger partial charge in [0.1, 0.15) is 0 Å². The maximum absolute atomic E-state index is 13.6. The van der Waals surface area contributed by atoms with Crippen LogP contribution in [0, 0.1) is 0 Å². The summed E-state index contributed by atoms with van der Waals surface area (Å²) in [5.41, 5.74) is 2.52. The molecule has 2 saturated heterocycles. The first-order valence-electron chi connectivity index (χ1n) is 11.0. The topological polar surface area (TPSA) is 26.8 Å². The van der Waals surface area contributed by atoms with Crippen molar-refractivity contribution in [2.45, 2.75) is 44.3 Å². The van der Waals surface area contributed by atoms with Crippen molar-refractivity contribution in [2.75, 3.05) is 33.2 Å². The summed E-state index contributed by atoms with van der Waals surface area (Å²) in [4.78, 5) is 20.5. The van der Waals surface area contributed by atoms with Gasteiger partial charge in [0.25, 0.3) is 0 Å². The van der Waals surface area contributed by atoms with Gasteiger partial charge in [0.15, 0.2) is 0 Å². The van der Waals surface area contributed by atoms with Crippen molar-refractivity contribution in [2.24, 2.45) is 0 Å². The minimum atomic E-state index is -0.00926. The first kappa shape index (κ1) is 20.1. The zero-order valence-electron chi connectivity index (χ0n) is 17.5. The van der Waals surface area contributed by atoms with E-state index < -0.39 is 0 Å². The van der Waals surface area contributed by atoms with Gasteiger partial charge in [0, 0.05) is 20.1 Å². The van der Waals surface area contributed by atoms with Crippen molar-refractivity contribution in [3.8, 4) is 0 Å². The van der Waals surface area contributed by atoms with E-state index in [1.54, 1.807) is 0 Å². The maximum atomic E-state index is 13.6. The predicted molar refractivity (Wildman–Crippen MR) is 118 cm³/mol. The van der Waals surface area contributed by atoms with Gasteiger partial charge in [-0.05, 0) is 56.4 Å². The van der Waals surface area contributed by atoms with E-state index in [4.69, 9.17) is 0 Å². The fourth-order valence-electron chi connectivity index (χ4n) is 4.84. The van der Waals surface area contributed by atoms with Gasteiger partial charge >= 0.3 is 0 Å². The number of likely N-dealkylation sites (N-methyl/N-ethyl adjacent to an activating group) is 1. The number of hydrogen-bond donors (Lipinski definition) is 0. The molecule has 29 heavy (non-hydrogen) atoms. The molecule has 0 aliphatic carbocycles. The highest BCUT2D eigenvalue weighted by atomic mass is 16.2. The van der Waals surface area contributed by atoms with E-state index in [1.165, 1.54) is 24.0 Å². The van der Waals surface area contributed by atoms with Gasteiger partial charge in [0.05, 0.1) is 12.1 Å². The molecule has 154 valence electrons. The minimum Gasteiger partial charge on any atom is -0.336 e. The third kappa shape index (κ3) is 4.88. The standard InChI is InChI=1S/C25H33N3O/c1-26(24(20-27-16-8-9-17-27)22-13-6-3-7-14-22)25(29)23-15-10-18-28(23)19-21-11-4-2-5-12-21/h2-7,11-14,23-24H,8-10,15-20H2,1H3/t23?,24-/m1/s1. The molecule has 2 aromatic rings. The molecule has 2 aliphatic heterocycles. The van der Waals surface area contributed by atoms with Crippen LogP contribution in [0.3, 0.4) is 0 Å². The molecule has 1 unspecified atom stereocenters. The second kappa shape index (κ2) is 9.55. The smallest absolute Gasteiger partial charge is 0.240 e. The van der Waals surface area contributed by atoms with Crippen LogP contribution in [0.1, 0.15) is 42.9 Å². The first-order valence-corrected chi connectivity index (χ1v) is 11.0. The predicted octanol–water partition coefficient (Wildman–Crippen LogP) is 3.95. The van der Waals surface area contributed by atoms with Crippen LogP contribution >= 0.6 is 0 Å². The van der Waals surface area contributed by atoms with Crippen LogP contribution in [-0.4, -0.2) is 59.9 Å². The van der Waals surface area contributed by atoms with Gasteiger partial charge < -0.3 is 9.80 Å². The fraction of sp³-hybridized carbons (Fsp3) is 0.480. The second-order valence-electron chi connectivity index (χ2n) is 8.50. The number of likely N-dealkylation sites (tertiary alicyclic amines) is 2. The molecule has 4 rings (SSSR count). The summed E-state index contributed by atoms with van der Waals surface area (Å²) in [6, 6.07) is 21.2. The molecule has 2 fully saturated rings. The Morgan fingerprint density at radius 2 is 1.62 bits per heavy atom. The lowest BCUT2D eigenvalue weighted by molar-refractivity contribution is -0.137. The average Bonchev–Trinajstić information content (AvgIpc) is 3.44. The molecule has 2 aliphatic rings. The molecule has 0 saturated carbocycles. The normalized spacial score (nSPS) is 21.3. The van der Waals surface area contributed by atoms with Gasteiger partial charge in [-0.1, -0.05) is 60.7 Å². The van der Waals surface area contributed by atoms with E-state index in [1.807, 2.05) is 18.0 Å². The molecule has 1 amide bonds. The van der Waals surface area contributed by atoms with Crippen LogP contribution in [0.5, 0.6) is 0 Å². The molecular weight excluding hydrogens is 358 g/mol. The van der Waals surface area contributed by atoms with E-state index >= 15 is 0 Å². The summed E-state index contributed by atoms with van der Waals surface area (Å²) >= 11 is 0. The van der Waals surface area contributed by atoms with Crippen molar-refractivity contribution in [3.05, 3.63) is 71.8 Å². The Bertz CT molecular complexity index is 773. The molecule has 0 radical (unpaired) electrons. The maximum Gasteiger partial charge on any atom is 0.240 e. The molecule has 4 nitrogen and oxygen atoms in total. The molecule has 2 heterocycles. The van der Waals surface area contributed by atoms with Crippen LogP contribution < -0.4 is 0 Å². The van der Waals surface area contributed by atoms with Crippen LogP contribution in [-0.2, 0) is 11.3 Å². The highest BCUT2D eigenvalue weighted by Crippen LogP contribution is 2.27. The Balaban J connectivity index is 1.49. The summed E-state index contributed by atoms with van der Waals surface area (Å²) in [6.45, 7) is 5.08. The second-order valence-corrected chi connectivity index (χ2v) is 8.50. The Kier molecular flexibility index (Phi) is 6.63. The van der Waals surface area contributed by atoms with Gasteiger partial charge in [-0.15, -0.1) is 0 Å². The molecular formula is C25H33N3O. The van der Waals surface area contributed by atoms with E-state index in [0.717, 1.165) is 45.6 Å². The zero-order valence-corrected chi connectivity index (χ0v) is 17.5. The molecule has 0 aromatic heterocycles. The fourth-order valence-corrected chi connectivity index (χ4v) is 4.84. The quantitative estimate of drug-likeness (QED) is 0.715. The van der Waals surface area contributed by atoms with Crippen LogP contribution in [0.15, 0.2) is 60.7 Å². The van der Waals surface area contributed by atoms with E-state index in [0.29, 0.717) is 0 Å². The average molecular weight is 392 g/mol. The number of benzene rings is 2. The first-order chi connectivity index (χ1) is 14.2. The number of carbonyl (C=O) groups is 1. The highest BCUT2D eigenvalue weighted by molar-refractivity contribution is 5.82. The molecule has 4 heteroatoms. The molecule has 0 N–H and O–H groups in total. The van der Waals surface area contributed by atoms with Crippen LogP contribution in [0.4, 0.5) is 0 Å². The van der Waals surface area contributed by atoms with Crippen molar-refractivity contribution < 1.29 is 4.79 Å². The number of amides is 1. The van der Waals surface area contributed by atoms with E-state index in [2.05, 4.69) is 64.4 Å². The molecule has 0 spiro atoms. The van der Waals surface area contributed by atoms with E-state index in [9.17, 15) is 4.79 Å². The third-order valence-corrected chi connectivity index (χ3v) is 6.51. The zero-order chi connectivity index (χ0) is 20.1. The monoisotopic (exact) mass is 391 g/mol. The highest BCUT2D eigenvalue weighted by Gasteiger charge is 2.35. The summed E-state index contributed by atoms with van der Waals surface area (Å²) in [5.74, 6) is 0.270. The number of hydrogen-bond acceptors (Lipinski definition) is 3. The van der Waals surface area contributed by atoms with E-state index in [-0.39, 0.29) is 18.0 Å². The Labute approximate surface area is 175 Å². The largest absolute Gasteiger partial charge is 0.336 e.